The van der Waals surface area contributed by atoms with Gasteiger partial charge in [-0.25, -0.2) is 4.39 Å². The summed E-state index contributed by atoms with van der Waals surface area (Å²) in [7, 11) is 1.99. The summed E-state index contributed by atoms with van der Waals surface area (Å²) in [5.41, 5.74) is 3.97. The molecular formula is C22H21FN2O. The van der Waals surface area contributed by atoms with Crippen molar-refractivity contribution in [1.82, 2.24) is 9.13 Å². The summed E-state index contributed by atoms with van der Waals surface area (Å²) in [5, 5.41) is 2.45. The number of rotatable bonds is 2. The van der Waals surface area contributed by atoms with Gasteiger partial charge >= 0.3 is 0 Å². The van der Waals surface area contributed by atoms with Crippen molar-refractivity contribution in [3.05, 3.63) is 70.5 Å². The quantitative estimate of drug-likeness (QED) is 0.490. The Morgan fingerprint density at radius 1 is 1.00 bits per heavy atom. The first kappa shape index (κ1) is 16.6. The number of nitrogens with zero attached hydrogens (tertiary/aromatic N) is 2. The van der Waals surface area contributed by atoms with Crippen LogP contribution in [-0.2, 0) is 7.05 Å². The zero-order chi connectivity index (χ0) is 18.6. The van der Waals surface area contributed by atoms with Crippen molar-refractivity contribution < 1.29 is 4.39 Å². The predicted octanol–water partition coefficient (Wildman–Crippen LogP) is 5.19. The second-order valence-electron chi connectivity index (χ2n) is 7.08. The molecule has 0 fully saturated rings. The van der Waals surface area contributed by atoms with Crippen molar-refractivity contribution >= 4 is 21.7 Å². The van der Waals surface area contributed by atoms with Gasteiger partial charge in [-0.05, 0) is 50.4 Å². The number of halogens is 1. The normalized spacial score (nSPS) is 11.8. The largest absolute Gasteiger partial charge is 0.347 e. The van der Waals surface area contributed by atoms with Crippen LogP contribution in [0.5, 0.6) is 0 Å². The van der Waals surface area contributed by atoms with E-state index in [2.05, 4.69) is 4.57 Å². The van der Waals surface area contributed by atoms with Crippen molar-refractivity contribution in [2.75, 3.05) is 0 Å². The highest BCUT2D eigenvalue weighted by Crippen LogP contribution is 2.37. The molecule has 4 rings (SSSR count). The lowest BCUT2D eigenvalue weighted by molar-refractivity contribution is 0.583. The van der Waals surface area contributed by atoms with Crippen LogP contribution in [0.3, 0.4) is 0 Å². The number of aryl methyl sites for hydroxylation is 1. The standard InChI is InChI=1S/C22H21FN2O/c1-13(2)25-12-19(16-7-5-6-8-17(16)22(25)26)21-14(3)24(4)20-10-9-15(23)11-18(20)21/h5-13H,1-4H3. The smallest absolute Gasteiger partial charge is 0.258 e. The first-order valence-corrected chi connectivity index (χ1v) is 8.79. The van der Waals surface area contributed by atoms with Crippen LogP contribution < -0.4 is 5.56 Å². The van der Waals surface area contributed by atoms with E-state index in [1.165, 1.54) is 6.07 Å². The second-order valence-corrected chi connectivity index (χ2v) is 7.08. The summed E-state index contributed by atoms with van der Waals surface area (Å²) >= 11 is 0. The molecule has 26 heavy (non-hydrogen) atoms. The molecule has 0 aliphatic heterocycles. The molecule has 0 saturated heterocycles. The number of benzene rings is 2. The molecular weight excluding hydrogens is 327 g/mol. The molecule has 0 radical (unpaired) electrons. The van der Waals surface area contributed by atoms with Crippen LogP contribution in [0.4, 0.5) is 4.39 Å². The van der Waals surface area contributed by atoms with E-state index in [1.807, 2.05) is 64.3 Å². The first-order chi connectivity index (χ1) is 12.4. The minimum absolute atomic E-state index is 0.00317. The number of fused-ring (bicyclic) bond motifs is 2. The zero-order valence-corrected chi connectivity index (χ0v) is 15.4. The lowest BCUT2D eigenvalue weighted by Gasteiger charge is -2.15. The number of aromatic nitrogens is 2. The van der Waals surface area contributed by atoms with Crippen LogP contribution in [0.15, 0.2) is 53.5 Å². The van der Waals surface area contributed by atoms with Gasteiger partial charge in [-0.1, -0.05) is 18.2 Å². The second kappa shape index (κ2) is 5.84. The van der Waals surface area contributed by atoms with Gasteiger partial charge in [0.1, 0.15) is 5.82 Å². The number of hydrogen-bond acceptors (Lipinski definition) is 1. The van der Waals surface area contributed by atoms with Gasteiger partial charge in [0, 0.05) is 52.4 Å². The highest BCUT2D eigenvalue weighted by Gasteiger charge is 2.19. The number of pyridine rings is 1. The molecule has 0 aliphatic carbocycles. The minimum Gasteiger partial charge on any atom is -0.347 e. The molecule has 4 heteroatoms. The van der Waals surface area contributed by atoms with E-state index in [1.54, 1.807) is 10.6 Å². The Morgan fingerprint density at radius 2 is 1.69 bits per heavy atom. The maximum Gasteiger partial charge on any atom is 0.258 e. The van der Waals surface area contributed by atoms with Gasteiger partial charge in [0.05, 0.1) is 0 Å². The maximum absolute atomic E-state index is 14.0. The summed E-state index contributed by atoms with van der Waals surface area (Å²) in [6.45, 7) is 6.03. The molecule has 0 bridgehead atoms. The first-order valence-electron chi connectivity index (χ1n) is 8.79. The molecule has 4 aromatic rings. The molecule has 3 nitrogen and oxygen atoms in total. The van der Waals surface area contributed by atoms with Crippen LogP contribution in [0.2, 0.25) is 0 Å². The summed E-state index contributed by atoms with van der Waals surface area (Å²) < 4.78 is 17.8. The summed E-state index contributed by atoms with van der Waals surface area (Å²) in [6.07, 6.45) is 1.92. The predicted molar refractivity (Wildman–Crippen MR) is 105 cm³/mol. The topological polar surface area (TPSA) is 26.9 Å². The molecule has 132 valence electrons. The van der Waals surface area contributed by atoms with Crippen LogP contribution in [-0.4, -0.2) is 9.13 Å². The lowest BCUT2D eigenvalue weighted by Crippen LogP contribution is -2.21. The Hall–Kier alpha value is -2.88. The highest BCUT2D eigenvalue weighted by atomic mass is 19.1. The monoisotopic (exact) mass is 348 g/mol. The van der Waals surface area contributed by atoms with Gasteiger partial charge in [0.2, 0.25) is 0 Å². The van der Waals surface area contributed by atoms with E-state index in [-0.39, 0.29) is 17.4 Å². The molecule has 0 aliphatic rings. The van der Waals surface area contributed by atoms with E-state index in [0.29, 0.717) is 5.39 Å². The Bertz CT molecular complexity index is 1210. The van der Waals surface area contributed by atoms with Crippen LogP contribution in [0.25, 0.3) is 32.8 Å². The Labute approximate surface area is 151 Å². The van der Waals surface area contributed by atoms with Crippen molar-refractivity contribution in [2.45, 2.75) is 26.8 Å². The average molecular weight is 348 g/mol. The van der Waals surface area contributed by atoms with E-state index in [0.717, 1.165) is 33.1 Å². The molecule has 2 aromatic heterocycles. The molecule has 0 unspecified atom stereocenters. The fourth-order valence-corrected chi connectivity index (χ4v) is 3.78. The molecule has 0 saturated carbocycles. The Balaban J connectivity index is 2.22. The van der Waals surface area contributed by atoms with Crippen molar-refractivity contribution in [3.8, 4) is 11.1 Å². The van der Waals surface area contributed by atoms with Crippen LogP contribution >= 0.6 is 0 Å². The van der Waals surface area contributed by atoms with E-state index in [9.17, 15) is 9.18 Å². The summed E-state index contributed by atoms with van der Waals surface area (Å²) in [6, 6.07) is 12.6. The van der Waals surface area contributed by atoms with Crippen LogP contribution in [0, 0.1) is 12.7 Å². The van der Waals surface area contributed by atoms with Gasteiger partial charge in [-0.15, -0.1) is 0 Å². The fraction of sp³-hybridized carbons (Fsp3) is 0.227. The number of hydrogen-bond donors (Lipinski definition) is 0. The third-order valence-electron chi connectivity index (χ3n) is 5.23. The third-order valence-corrected chi connectivity index (χ3v) is 5.23. The SMILES string of the molecule is Cc1c(-c2cn(C(C)C)c(=O)c3ccccc23)c2cc(F)ccc2n1C. The summed E-state index contributed by atoms with van der Waals surface area (Å²) in [5.74, 6) is -0.258. The molecule has 0 spiro atoms. The Morgan fingerprint density at radius 3 is 2.38 bits per heavy atom. The molecule has 0 amide bonds. The molecule has 0 N–H and O–H groups in total. The van der Waals surface area contributed by atoms with Gasteiger partial charge in [0.25, 0.3) is 5.56 Å². The highest BCUT2D eigenvalue weighted by molar-refractivity contribution is 6.06. The fourth-order valence-electron chi connectivity index (χ4n) is 3.78. The zero-order valence-electron chi connectivity index (χ0n) is 15.4. The lowest BCUT2D eigenvalue weighted by atomic mass is 9.98. The van der Waals surface area contributed by atoms with E-state index >= 15 is 0 Å². The van der Waals surface area contributed by atoms with E-state index < -0.39 is 0 Å². The maximum atomic E-state index is 14.0. The van der Waals surface area contributed by atoms with Gasteiger partial charge in [0.15, 0.2) is 0 Å². The van der Waals surface area contributed by atoms with Gasteiger partial charge < -0.3 is 9.13 Å². The van der Waals surface area contributed by atoms with Crippen molar-refractivity contribution in [3.63, 3.8) is 0 Å². The van der Waals surface area contributed by atoms with Crippen LogP contribution in [0.1, 0.15) is 25.6 Å². The third kappa shape index (κ3) is 2.29. The van der Waals surface area contributed by atoms with Crippen molar-refractivity contribution in [1.29, 1.82) is 0 Å². The van der Waals surface area contributed by atoms with Crippen molar-refractivity contribution in [2.24, 2.45) is 7.05 Å². The van der Waals surface area contributed by atoms with Gasteiger partial charge in [-0.2, -0.15) is 0 Å². The average Bonchev–Trinajstić information content (AvgIpc) is 2.86. The minimum atomic E-state index is -0.258. The molecule has 2 aromatic carbocycles. The molecule has 0 atom stereocenters. The van der Waals surface area contributed by atoms with Gasteiger partial charge in [-0.3, -0.25) is 4.79 Å². The molecule has 2 heterocycles. The van der Waals surface area contributed by atoms with E-state index in [4.69, 9.17) is 0 Å². The Kier molecular flexibility index (Phi) is 3.72. The summed E-state index contributed by atoms with van der Waals surface area (Å²) in [4.78, 5) is 12.9.